The topological polar surface area (TPSA) is 105 Å². The quantitative estimate of drug-likeness (QED) is 0.827. The van der Waals surface area contributed by atoms with Crippen LogP contribution in [0, 0.1) is 5.92 Å². The number of anilines is 1. The summed E-state index contributed by atoms with van der Waals surface area (Å²) in [6.45, 7) is 1.05. The molecule has 1 aliphatic rings. The van der Waals surface area contributed by atoms with Crippen molar-refractivity contribution in [2.24, 2.45) is 11.7 Å². The lowest BCUT2D eigenvalue weighted by Crippen LogP contribution is -2.41. The van der Waals surface area contributed by atoms with E-state index in [1.807, 2.05) is 0 Å². The standard InChI is InChI=1S/C15H20N4O3/c16-15(22)11-5-8-19(9-6-11)14(21)4-3-13(20)18-12-2-1-7-17-10-12/h1-2,7,10-11H,3-6,8-9H2,(H2,16,22)(H,18,20). The van der Waals surface area contributed by atoms with Crippen LogP contribution in [-0.2, 0) is 14.4 Å². The summed E-state index contributed by atoms with van der Waals surface area (Å²) in [4.78, 5) is 40.5. The van der Waals surface area contributed by atoms with Gasteiger partial charge >= 0.3 is 0 Å². The maximum atomic E-state index is 12.0. The van der Waals surface area contributed by atoms with Gasteiger partial charge in [0.05, 0.1) is 11.9 Å². The molecule has 7 heteroatoms. The van der Waals surface area contributed by atoms with Gasteiger partial charge in [-0.05, 0) is 25.0 Å². The second-order valence-corrected chi connectivity index (χ2v) is 5.35. The van der Waals surface area contributed by atoms with Crippen molar-refractivity contribution in [2.45, 2.75) is 25.7 Å². The van der Waals surface area contributed by atoms with Crippen LogP contribution in [0.4, 0.5) is 5.69 Å². The average molecular weight is 304 g/mol. The van der Waals surface area contributed by atoms with Gasteiger partial charge < -0.3 is 16.0 Å². The molecule has 22 heavy (non-hydrogen) atoms. The summed E-state index contributed by atoms with van der Waals surface area (Å²) in [5.41, 5.74) is 5.87. The molecular weight excluding hydrogens is 284 g/mol. The molecule has 0 radical (unpaired) electrons. The number of nitrogens with two attached hydrogens (primary N) is 1. The van der Waals surface area contributed by atoms with Crippen molar-refractivity contribution in [1.82, 2.24) is 9.88 Å². The van der Waals surface area contributed by atoms with E-state index in [1.54, 1.807) is 29.4 Å². The summed E-state index contributed by atoms with van der Waals surface area (Å²) in [5, 5.41) is 2.69. The number of nitrogens with one attached hydrogen (secondary N) is 1. The van der Waals surface area contributed by atoms with Gasteiger partial charge in [0.25, 0.3) is 0 Å². The number of hydrogen-bond acceptors (Lipinski definition) is 4. The van der Waals surface area contributed by atoms with Crippen LogP contribution in [0.1, 0.15) is 25.7 Å². The van der Waals surface area contributed by atoms with E-state index in [9.17, 15) is 14.4 Å². The zero-order valence-corrected chi connectivity index (χ0v) is 12.3. The number of nitrogens with zero attached hydrogens (tertiary/aromatic N) is 2. The molecule has 118 valence electrons. The van der Waals surface area contributed by atoms with Crippen LogP contribution in [0.3, 0.4) is 0 Å². The molecule has 3 amide bonds. The number of carbonyl (C=O) groups excluding carboxylic acids is 3. The Labute approximate surface area is 128 Å². The largest absolute Gasteiger partial charge is 0.369 e. The molecule has 0 bridgehead atoms. The van der Waals surface area contributed by atoms with Gasteiger partial charge in [-0.2, -0.15) is 0 Å². The maximum absolute atomic E-state index is 12.0. The molecule has 2 rings (SSSR count). The molecule has 1 aromatic heterocycles. The van der Waals surface area contributed by atoms with E-state index in [0.717, 1.165) is 0 Å². The van der Waals surface area contributed by atoms with Gasteiger partial charge in [0, 0.05) is 38.0 Å². The van der Waals surface area contributed by atoms with Gasteiger partial charge in [-0.25, -0.2) is 0 Å². The molecule has 3 N–H and O–H groups in total. The molecule has 0 saturated carbocycles. The van der Waals surface area contributed by atoms with Gasteiger partial charge in [0.15, 0.2) is 0 Å². The van der Waals surface area contributed by atoms with Gasteiger partial charge in [-0.3, -0.25) is 19.4 Å². The van der Waals surface area contributed by atoms with Crippen molar-refractivity contribution in [1.29, 1.82) is 0 Å². The van der Waals surface area contributed by atoms with Crippen molar-refractivity contribution in [2.75, 3.05) is 18.4 Å². The number of carbonyl (C=O) groups is 3. The molecule has 0 unspecified atom stereocenters. The first-order valence-corrected chi connectivity index (χ1v) is 7.33. The lowest BCUT2D eigenvalue weighted by molar-refractivity contribution is -0.135. The lowest BCUT2D eigenvalue weighted by Gasteiger charge is -2.30. The monoisotopic (exact) mass is 304 g/mol. The average Bonchev–Trinajstić information content (AvgIpc) is 2.53. The Balaban J connectivity index is 1.72. The fraction of sp³-hybridized carbons (Fsp3) is 0.467. The van der Waals surface area contributed by atoms with Crippen molar-refractivity contribution in [3.8, 4) is 0 Å². The highest BCUT2D eigenvalue weighted by atomic mass is 16.2. The number of amides is 3. The molecule has 2 heterocycles. The fourth-order valence-corrected chi connectivity index (χ4v) is 2.45. The predicted molar refractivity (Wildman–Crippen MR) is 80.6 cm³/mol. The number of pyridine rings is 1. The Bertz CT molecular complexity index is 539. The van der Waals surface area contributed by atoms with Crippen LogP contribution in [0.15, 0.2) is 24.5 Å². The second kappa shape index (κ2) is 7.53. The van der Waals surface area contributed by atoms with E-state index in [0.29, 0.717) is 31.6 Å². The van der Waals surface area contributed by atoms with E-state index in [1.165, 1.54) is 0 Å². The molecule has 0 spiro atoms. The number of piperidine rings is 1. The SMILES string of the molecule is NC(=O)C1CCN(C(=O)CCC(=O)Nc2cccnc2)CC1. The molecule has 1 aliphatic heterocycles. The highest BCUT2D eigenvalue weighted by molar-refractivity contribution is 5.93. The Hall–Kier alpha value is -2.44. The van der Waals surface area contributed by atoms with E-state index < -0.39 is 0 Å². The van der Waals surface area contributed by atoms with E-state index in [4.69, 9.17) is 5.73 Å². The van der Waals surface area contributed by atoms with Crippen LogP contribution in [0.5, 0.6) is 0 Å². The van der Waals surface area contributed by atoms with Crippen molar-refractivity contribution >= 4 is 23.4 Å². The summed E-state index contributed by atoms with van der Waals surface area (Å²) >= 11 is 0. The third-order valence-electron chi connectivity index (χ3n) is 3.76. The van der Waals surface area contributed by atoms with Crippen LogP contribution in [0.2, 0.25) is 0 Å². The Morgan fingerprint density at radius 1 is 1.27 bits per heavy atom. The third kappa shape index (κ3) is 4.54. The van der Waals surface area contributed by atoms with Gasteiger partial charge in [0.1, 0.15) is 0 Å². The zero-order valence-electron chi connectivity index (χ0n) is 12.3. The van der Waals surface area contributed by atoms with E-state index in [2.05, 4.69) is 10.3 Å². The van der Waals surface area contributed by atoms with Gasteiger partial charge in [0.2, 0.25) is 17.7 Å². The molecule has 1 aromatic rings. The van der Waals surface area contributed by atoms with Crippen LogP contribution in [0.25, 0.3) is 0 Å². The third-order valence-corrected chi connectivity index (χ3v) is 3.76. The number of hydrogen-bond donors (Lipinski definition) is 2. The minimum atomic E-state index is -0.303. The lowest BCUT2D eigenvalue weighted by atomic mass is 9.96. The first-order chi connectivity index (χ1) is 10.6. The summed E-state index contributed by atoms with van der Waals surface area (Å²) < 4.78 is 0. The number of likely N-dealkylation sites (tertiary alicyclic amines) is 1. The van der Waals surface area contributed by atoms with Crippen LogP contribution in [-0.4, -0.2) is 40.7 Å². The molecule has 0 aliphatic carbocycles. The number of rotatable bonds is 5. The molecule has 1 fully saturated rings. The van der Waals surface area contributed by atoms with Crippen LogP contribution < -0.4 is 11.1 Å². The number of primary amides is 1. The Morgan fingerprint density at radius 2 is 2.00 bits per heavy atom. The Kier molecular flexibility index (Phi) is 5.46. The van der Waals surface area contributed by atoms with Crippen molar-refractivity contribution < 1.29 is 14.4 Å². The first kappa shape index (κ1) is 15.9. The summed E-state index contributed by atoms with van der Waals surface area (Å²) in [6.07, 6.45) is 4.66. The highest BCUT2D eigenvalue weighted by Crippen LogP contribution is 2.17. The first-order valence-electron chi connectivity index (χ1n) is 7.33. The van der Waals surface area contributed by atoms with Crippen LogP contribution >= 0.6 is 0 Å². The minimum Gasteiger partial charge on any atom is -0.369 e. The highest BCUT2D eigenvalue weighted by Gasteiger charge is 2.25. The summed E-state index contributed by atoms with van der Waals surface area (Å²) in [5.74, 6) is -0.724. The molecular formula is C15H20N4O3. The molecule has 1 saturated heterocycles. The zero-order chi connectivity index (χ0) is 15.9. The van der Waals surface area contributed by atoms with Gasteiger partial charge in [-0.1, -0.05) is 0 Å². The van der Waals surface area contributed by atoms with E-state index in [-0.39, 0.29) is 36.5 Å². The summed E-state index contributed by atoms with van der Waals surface area (Å²) in [6, 6.07) is 3.46. The predicted octanol–water partition coefficient (Wildman–Crippen LogP) is 0.524. The molecule has 0 aromatic carbocycles. The van der Waals surface area contributed by atoms with E-state index >= 15 is 0 Å². The maximum Gasteiger partial charge on any atom is 0.224 e. The normalized spacial score (nSPS) is 15.4. The van der Waals surface area contributed by atoms with Gasteiger partial charge in [-0.15, -0.1) is 0 Å². The minimum absolute atomic E-state index is 0.0655. The fourth-order valence-electron chi connectivity index (χ4n) is 2.45. The van der Waals surface area contributed by atoms with Crippen molar-refractivity contribution in [3.05, 3.63) is 24.5 Å². The molecule has 7 nitrogen and oxygen atoms in total. The van der Waals surface area contributed by atoms with Crippen molar-refractivity contribution in [3.63, 3.8) is 0 Å². The Morgan fingerprint density at radius 3 is 2.59 bits per heavy atom. The molecule has 0 atom stereocenters. The summed E-state index contributed by atoms with van der Waals surface area (Å²) in [7, 11) is 0. The number of aromatic nitrogens is 1. The smallest absolute Gasteiger partial charge is 0.224 e. The second-order valence-electron chi connectivity index (χ2n) is 5.35.